The molecule has 0 amide bonds. The molecule has 0 aromatic carbocycles. The van der Waals surface area contributed by atoms with Gasteiger partial charge in [0, 0.05) is 0 Å². The molecular formula is C6H13Sn. The van der Waals surface area contributed by atoms with E-state index in [0.717, 1.165) is 0 Å². The number of hydrogen-bond donors (Lipinski definition) is 0. The van der Waals surface area contributed by atoms with E-state index in [0.29, 0.717) is 0 Å². The van der Waals surface area contributed by atoms with Gasteiger partial charge in [-0.3, -0.25) is 0 Å². The normalized spacial score (nSPS) is 9.57. The molecular weight excluding hydrogens is 191 g/mol. The van der Waals surface area contributed by atoms with Crippen LogP contribution in [0.1, 0.15) is 13.8 Å². The average molecular weight is 204 g/mol. The summed E-state index contributed by atoms with van der Waals surface area (Å²) in [4.78, 5) is 0. The molecule has 0 unspecified atom stereocenters. The summed E-state index contributed by atoms with van der Waals surface area (Å²) >= 11 is -0.889. The maximum atomic E-state index is 3.79. The Morgan fingerprint density at radius 2 is 1.86 bits per heavy atom. The van der Waals surface area contributed by atoms with Gasteiger partial charge in [0.05, 0.1) is 0 Å². The third-order valence-corrected chi connectivity index (χ3v) is 8.03. The van der Waals surface area contributed by atoms with E-state index < -0.39 is 19.8 Å². The molecule has 0 aliphatic rings. The molecule has 0 aliphatic carbocycles. The van der Waals surface area contributed by atoms with E-state index in [1.807, 2.05) is 0 Å². The Balaban J connectivity index is 3.16. The zero-order valence-corrected chi connectivity index (χ0v) is 8.05. The van der Waals surface area contributed by atoms with E-state index in [2.05, 4.69) is 24.5 Å². The van der Waals surface area contributed by atoms with Crippen molar-refractivity contribution >= 4 is 19.8 Å². The quantitative estimate of drug-likeness (QED) is 0.618. The predicted molar refractivity (Wildman–Crippen MR) is 36.9 cm³/mol. The van der Waals surface area contributed by atoms with Gasteiger partial charge in [-0.05, 0) is 0 Å². The van der Waals surface area contributed by atoms with Gasteiger partial charge in [-0.2, -0.15) is 0 Å². The van der Waals surface area contributed by atoms with Crippen LogP contribution in [-0.2, 0) is 0 Å². The molecule has 0 saturated heterocycles. The Morgan fingerprint density at radius 1 is 1.43 bits per heavy atom. The molecule has 0 fully saturated rings. The molecule has 1 radical (unpaired) electrons. The van der Waals surface area contributed by atoms with E-state index in [1.54, 1.807) is 0 Å². The fraction of sp³-hybridized carbons (Fsp3) is 0.667. The Hall–Kier alpha value is 0.539. The molecule has 0 aliphatic heterocycles. The summed E-state index contributed by atoms with van der Waals surface area (Å²) in [6, 6.07) is 0. The van der Waals surface area contributed by atoms with Crippen molar-refractivity contribution in [2.75, 3.05) is 0 Å². The molecule has 0 spiro atoms. The van der Waals surface area contributed by atoms with Crippen molar-refractivity contribution in [2.45, 2.75) is 22.7 Å². The molecule has 0 rings (SSSR count). The third-order valence-electron chi connectivity index (χ3n) is 1.20. The maximum absolute atomic E-state index is 3.79. The van der Waals surface area contributed by atoms with E-state index in [1.165, 1.54) is 8.87 Å². The molecule has 0 atom stereocenters. The van der Waals surface area contributed by atoms with Gasteiger partial charge < -0.3 is 0 Å². The first-order chi connectivity index (χ1) is 3.35. The summed E-state index contributed by atoms with van der Waals surface area (Å²) in [5, 5.41) is 0. The summed E-state index contributed by atoms with van der Waals surface area (Å²) < 4.78 is 5.09. The summed E-state index contributed by atoms with van der Waals surface area (Å²) in [5.74, 6) is 0. The van der Waals surface area contributed by atoms with Gasteiger partial charge in [0.25, 0.3) is 0 Å². The molecule has 0 nitrogen and oxygen atoms in total. The molecule has 0 N–H and O–H groups in total. The van der Waals surface area contributed by atoms with Gasteiger partial charge in [-0.1, -0.05) is 0 Å². The SMILES string of the molecule is C=[CH][Sn]([CH2]C)[CH2]C. The summed E-state index contributed by atoms with van der Waals surface area (Å²) in [7, 11) is 0. The molecule has 0 aromatic rings. The minimum atomic E-state index is -0.889. The minimum absolute atomic E-state index is 0.889. The van der Waals surface area contributed by atoms with Crippen molar-refractivity contribution in [3.63, 3.8) is 0 Å². The first kappa shape index (κ1) is 7.54. The number of rotatable bonds is 3. The van der Waals surface area contributed by atoms with Gasteiger partial charge in [-0.25, -0.2) is 0 Å². The molecule has 0 heterocycles. The van der Waals surface area contributed by atoms with Crippen LogP contribution in [-0.4, -0.2) is 19.8 Å². The average Bonchev–Trinajstić information content (AvgIpc) is 1.72. The van der Waals surface area contributed by atoms with Crippen molar-refractivity contribution < 1.29 is 0 Å². The Morgan fingerprint density at radius 3 is 1.86 bits per heavy atom. The first-order valence-electron chi connectivity index (χ1n) is 2.82. The van der Waals surface area contributed by atoms with Crippen molar-refractivity contribution in [1.29, 1.82) is 0 Å². The Labute approximate surface area is 53.4 Å². The van der Waals surface area contributed by atoms with Crippen molar-refractivity contribution in [3.05, 3.63) is 10.7 Å². The Bertz CT molecular complexity index is 46.1. The first-order valence-corrected chi connectivity index (χ1v) is 8.50. The topological polar surface area (TPSA) is 0 Å². The summed E-state index contributed by atoms with van der Waals surface area (Å²) in [5.41, 5.74) is 0. The zero-order valence-electron chi connectivity index (χ0n) is 5.20. The zero-order chi connectivity index (χ0) is 5.70. The fourth-order valence-electron chi connectivity index (χ4n) is 0.539. The van der Waals surface area contributed by atoms with Crippen LogP contribution < -0.4 is 0 Å². The molecule has 7 heavy (non-hydrogen) atoms. The second-order valence-corrected chi connectivity index (χ2v) is 10.5. The van der Waals surface area contributed by atoms with Crippen LogP contribution in [0.5, 0.6) is 0 Å². The standard InChI is InChI=1S/2C2H5.C2H3.Sn/c3*1-2;/h2*1H2,2H3;1H,2H2;. The van der Waals surface area contributed by atoms with Crippen LogP contribution in [0.2, 0.25) is 8.87 Å². The van der Waals surface area contributed by atoms with Crippen LogP contribution >= 0.6 is 0 Å². The molecule has 41 valence electrons. The van der Waals surface area contributed by atoms with Gasteiger partial charge >= 0.3 is 53.2 Å². The van der Waals surface area contributed by atoms with Crippen molar-refractivity contribution in [1.82, 2.24) is 0 Å². The predicted octanol–water partition coefficient (Wildman–Crippen LogP) is 2.25. The van der Waals surface area contributed by atoms with Crippen LogP contribution in [0, 0.1) is 0 Å². The van der Waals surface area contributed by atoms with Gasteiger partial charge in [0.2, 0.25) is 0 Å². The van der Waals surface area contributed by atoms with E-state index >= 15 is 0 Å². The molecule has 0 bridgehead atoms. The Kier molecular flexibility index (Phi) is 5.05. The van der Waals surface area contributed by atoms with Gasteiger partial charge in [0.1, 0.15) is 0 Å². The van der Waals surface area contributed by atoms with Crippen LogP contribution in [0.25, 0.3) is 0 Å². The molecule has 0 aromatic heterocycles. The van der Waals surface area contributed by atoms with Gasteiger partial charge in [-0.15, -0.1) is 0 Å². The fourth-order valence-corrected chi connectivity index (χ4v) is 3.61. The van der Waals surface area contributed by atoms with Crippen LogP contribution in [0.4, 0.5) is 0 Å². The number of hydrogen-bond acceptors (Lipinski definition) is 0. The summed E-state index contributed by atoms with van der Waals surface area (Å²) in [6.07, 6.45) is 0. The van der Waals surface area contributed by atoms with Crippen LogP contribution in [0.3, 0.4) is 0 Å². The van der Waals surface area contributed by atoms with E-state index in [4.69, 9.17) is 0 Å². The van der Waals surface area contributed by atoms with Crippen molar-refractivity contribution in [2.24, 2.45) is 0 Å². The van der Waals surface area contributed by atoms with E-state index in [-0.39, 0.29) is 0 Å². The molecule has 1 heteroatoms. The van der Waals surface area contributed by atoms with E-state index in [9.17, 15) is 0 Å². The van der Waals surface area contributed by atoms with Crippen molar-refractivity contribution in [3.8, 4) is 0 Å². The van der Waals surface area contributed by atoms with Gasteiger partial charge in [0.15, 0.2) is 0 Å². The van der Waals surface area contributed by atoms with Crippen LogP contribution in [0.15, 0.2) is 10.7 Å². The second kappa shape index (κ2) is 4.69. The third kappa shape index (κ3) is 3.15. The molecule has 0 saturated carbocycles. The monoisotopic (exact) mass is 205 g/mol. The summed E-state index contributed by atoms with van der Waals surface area (Å²) in [6.45, 7) is 8.35. The second-order valence-electron chi connectivity index (χ2n) is 1.57.